The number of para-hydroxylation sites is 1. The molecule has 0 saturated carbocycles. The van der Waals surface area contributed by atoms with Crippen LogP contribution < -0.4 is 4.90 Å². The third kappa shape index (κ3) is 3.37. The largest absolute Gasteiger partial charge is 0.315 e. The maximum atomic E-state index is 12.1. The lowest BCUT2D eigenvalue weighted by Crippen LogP contribution is -2.38. The van der Waals surface area contributed by atoms with E-state index >= 15 is 0 Å². The molecule has 130 valence electrons. The fourth-order valence-electron chi connectivity index (χ4n) is 3.27. The number of benzene rings is 1. The molecule has 2 heterocycles. The molecular weight excluding hydrogens is 344 g/mol. The van der Waals surface area contributed by atoms with Crippen LogP contribution in [-0.4, -0.2) is 42.3 Å². The van der Waals surface area contributed by atoms with Crippen molar-refractivity contribution in [1.29, 1.82) is 0 Å². The highest BCUT2D eigenvalue weighted by Crippen LogP contribution is 2.42. The first-order chi connectivity index (χ1) is 11.4. The van der Waals surface area contributed by atoms with Gasteiger partial charge in [-0.3, -0.25) is 4.79 Å². The zero-order valence-electron chi connectivity index (χ0n) is 13.9. The number of hydrogen-bond acceptors (Lipinski definition) is 4. The maximum Gasteiger partial charge on any atom is 0.248 e. The Labute approximate surface area is 147 Å². The van der Waals surface area contributed by atoms with Crippen LogP contribution in [0.4, 0.5) is 5.69 Å². The monoisotopic (exact) mass is 366 g/mol. The van der Waals surface area contributed by atoms with Crippen LogP contribution in [0.15, 0.2) is 29.3 Å². The number of carbonyl (C=O) groups is 1. The summed E-state index contributed by atoms with van der Waals surface area (Å²) in [5.41, 5.74) is 2.11. The Balaban J connectivity index is 2.03. The first kappa shape index (κ1) is 17.5. The zero-order chi connectivity index (χ0) is 17.3. The minimum Gasteiger partial charge on any atom is -0.315 e. The number of amides is 1. The molecule has 1 amide bonds. The Morgan fingerprint density at radius 2 is 2.04 bits per heavy atom. The number of aryl methyl sites for hydroxylation is 1. The average molecular weight is 367 g/mol. The van der Waals surface area contributed by atoms with Crippen LogP contribution >= 0.6 is 11.8 Å². The summed E-state index contributed by atoms with van der Waals surface area (Å²) in [7, 11) is -3.03. The SMILES string of the molecule is CCCC(=O)N=C1S[C@H]2CS(=O)(=O)C[C@@H]2N1c1ccccc1CC. The van der Waals surface area contributed by atoms with Crippen molar-refractivity contribution in [3.05, 3.63) is 29.8 Å². The van der Waals surface area contributed by atoms with Gasteiger partial charge >= 0.3 is 0 Å². The van der Waals surface area contributed by atoms with Gasteiger partial charge in [-0.15, -0.1) is 0 Å². The summed E-state index contributed by atoms with van der Waals surface area (Å²) in [5.74, 6) is 0.152. The third-order valence-corrected chi connectivity index (χ3v) is 7.59. The molecule has 0 aromatic heterocycles. The summed E-state index contributed by atoms with van der Waals surface area (Å²) in [5, 5.41) is 0.604. The third-order valence-electron chi connectivity index (χ3n) is 4.38. The summed E-state index contributed by atoms with van der Waals surface area (Å²) in [6, 6.07) is 7.82. The van der Waals surface area contributed by atoms with E-state index < -0.39 is 9.84 Å². The molecule has 7 heteroatoms. The van der Waals surface area contributed by atoms with Crippen LogP contribution in [-0.2, 0) is 21.1 Å². The number of amidine groups is 1. The van der Waals surface area contributed by atoms with Gasteiger partial charge in [0, 0.05) is 17.4 Å². The Bertz CT molecular complexity index is 774. The van der Waals surface area contributed by atoms with Crippen molar-refractivity contribution < 1.29 is 13.2 Å². The molecule has 2 fully saturated rings. The number of anilines is 1. The molecule has 1 aromatic rings. The van der Waals surface area contributed by atoms with Crippen molar-refractivity contribution in [3.8, 4) is 0 Å². The number of carbonyl (C=O) groups excluding carboxylic acids is 1. The van der Waals surface area contributed by atoms with Crippen LogP contribution in [0.5, 0.6) is 0 Å². The second-order valence-corrected chi connectivity index (χ2v) is 9.55. The highest BCUT2D eigenvalue weighted by molar-refractivity contribution is 8.16. The standard InChI is InChI=1S/C17H22N2O3S2/c1-3-7-16(20)18-17-19(13-9-6-5-8-12(13)4-2)14-10-24(21,22)11-15(14)23-17/h5-6,8-9,14-15H,3-4,7,10-11H2,1-2H3/t14-,15-/m0/s1. The van der Waals surface area contributed by atoms with Gasteiger partial charge in [-0.1, -0.05) is 43.8 Å². The highest BCUT2D eigenvalue weighted by Gasteiger charge is 2.49. The van der Waals surface area contributed by atoms with Crippen molar-refractivity contribution in [3.63, 3.8) is 0 Å². The molecule has 3 rings (SSSR count). The van der Waals surface area contributed by atoms with Gasteiger partial charge in [0.05, 0.1) is 17.5 Å². The summed E-state index contributed by atoms with van der Waals surface area (Å²) in [6.07, 6.45) is 2.02. The summed E-state index contributed by atoms with van der Waals surface area (Å²) < 4.78 is 24.1. The number of fused-ring (bicyclic) bond motifs is 1. The van der Waals surface area contributed by atoms with E-state index in [1.807, 2.05) is 36.1 Å². The van der Waals surface area contributed by atoms with Crippen LogP contribution in [0.2, 0.25) is 0 Å². The molecule has 0 spiro atoms. The van der Waals surface area contributed by atoms with Crippen molar-refractivity contribution in [2.24, 2.45) is 4.99 Å². The predicted octanol–water partition coefficient (Wildman–Crippen LogP) is 2.65. The van der Waals surface area contributed by atoms with E-state index in [-0.39, 0.29) is 28.7 Å². The molecular formula is C17H22N2O3S2. The van der Waals surface area contributed by atoms with Gasteiger partial charge in [0.25, 0.3) is 0 Å². The summed E-state index contributed by atoms with van der Waals surface area (Å²) >= 11 is 1.44. The van der Waals surface area contributed by atoms with Crippen molar-refractivity contribution in [2.75, 3.05) is 16.4 Å². The van der Waals surface area contributed by atoms with Crippen molar-refractivity contribution >= 4 is 38.4 Å². The second kappa shape index (κ2) is 6.88. The first-order valence-electron chi connectivity index (χ1n) is 8.31. The molecule has 0 bridgehead atoms. The van der Waals surface area contributed by atoms with E-state index in [1.165, 1.54) is 11.8 Å². The summed E-state index contributed by atoms with van der Waals surface area (Å²) in [4.78, 5) is 18.3. The van der Waals surface area contributed by atoms with Gasteiger partial charge in [-0.2, -0.15) is 4.99 Å². The smallest absolute Gasteiger partial charge is 0.248 e. The number of thioether (sulfide) groups is 1. The van der Waals surface area contributed by atoms with E-state index in [4.69, 9.17) is 0 Å². The number of hydrogen-bond donors (Lipinski definition) is 0. The van der Waals surface area contributed by atoms with Crippen molar-refractivity contribution in [1.82, 2.24) is 0 Å². The number of sulfone groups is 1. The fourth-order valence-corrected chi connectivity index (χ4v) is 7.19. The van der Waals surface area contributed by atoms with Gasteiger partial charge in [0.2, 0.25) is 5.91 Å². The highest BCUT2D eigenvalue weighted by atomic mass is 32.2. The van der Waals surface area contributed by atoms with E-state index in [9.17, 15) is 13.2 Å². The second-order valence-electron chi connectivity index (χ2n) is 6.19. The van der Waals surface area contributed by atoms with E-state index in [1.54, 1.807) is 0 Å². The Kier molecular flexibility index (Phi) is 5.01. The molecule has 0 unspecified atom stereocenters. The Morgan fingerprint density at radius 3 is 2.75 bits per heavy atom. The quantitative estimate of drug-likeness (QED) is 0.819. The molecule has 5 nitrogen and oxygen atoms in total. The predicted molar refractivity (Wildman–Crippen MR) is 99.5 cm³/mol. The molecule has 1 aromatic carbocycles. The van der Waals surface area contributed by atoms with E-state index in [0.29, 0.717) is 11.6 Å². The van der Waals surface area contributed by atoms with Gasteiger partial charge < -0.3 is 4.90 Å². The van der Waals surface area contributed by atoms with Gasteiger partial charge in [-0.25, -0.2) is 8.42 Å². The van der Waals surface area contributed by atoms with E-state index in [0.717, 1.165) is 24.1 Å². The molecule has 2 atom stereocenters. The van der Waals surface area contributed by atoms with Crippen LogP contribution in [0, 0.1) is 0 Å². The van der Waals surface area contributed by atoms with Crippen LogP contribution in [0.25, 0.3) is 0 Å². The van der Waals surface area contributed by atoms with Crippen molar-refractivity contribution in [2.45, 2.75) is 44.4 Å². The summed E-state index contributed by atoms with van der Waals surface area (Å²) in [6.45, 7) is 4.02. The first-order valence-corrected chi connectivity index (χ1v) is 11.0. The molecule has 2 aliphatic heterocycles. The number of nitrogens with zero attached hydrogens (tertiary/aromatic N) is 2. The minimum atomic E-state index is -3.03. The van der Waals surface area contributed by atoms with Crippen LogP contribution in [0.3, 0.4) is 0 Å². The fraction of sp³-hybridized carbons (Fsp3) is 0.529. The van der Waals surface area contributed by atoms with E-state index in [2.05, 4.69) is 11.9 Å². The van der Waals surface area contributed by atoms with Gasteiger partial charge in [-0.05, 0) is 24.5 Å². The van der Waals surface area contributed by atoms with Gasteiger partial charge in [0.15, 0.2) is 15.0 Å². The molecule has 0 aliphatic carbocycles. The Morgan fingerprint density at radius 1 is 1.29 bits per heavy atom. The van der Waals surface area contributed by atoms with Crippen LogP contribution in [0.1, 0.15) is 32.3 Å². The average Bonchev–Trinajstić information content (AvgIpc) is 2.98. The molecule has 0 N–H and O–H groups in total. The zero-order valence-corrected chi connectivity index (χ0v) is 15.6. The lowest BCUT2D eigenvalue weighted by Gasteiger charge is -2.26. The minimum absolute atomic E-state index is 0.0481. The normalized spacial score (nSPS) is 26.8. The molecule has 0 radical (unpaired) electrons. The number of aliphatic imine (C=N–C) groups is 1. The molecule has 2 aliphatic rings. The van der Waals surface area contributed by atoms with Gasteiger partial charge in [0.1, 0.15) is 0 Å². The Hall–Kier alpha value is -1.34. The molecule has 24 heavy (non-hydrogen) atoms. The lowest BCUT2D eigenvalue weighted by molar-refractivity contribution is -0.117. The maximum absolute atomic E-state index is 12.1. The lowest BCUT2D eigenvalue weighted by atomic mass is 10.1. The topological polar surface area (TPSA) is 66.8 Å². The number of rotatable bonds is 4. The molecule has 2 saturated heterocycles.